The van der Waals surface area contributed by atoms with Crippen LogP contribution < -0.4 is 0 Å². The highest BCUT2D eigenvalue weighted by atomic mass is 16.5. The zero-order valence-electron chi connectivity index (χ0n) is 4.16. The lowest BCUT2D eigenvalue weighted by Crippen LogP contribution is -1.72. The largest absolute Gasteiger partial charge is 0.481 e. The summed E-state index contributed by atoms with van der Waals surface area (Å²) in [7, 11) is 0. The third-order valence-corrected chi connectivity index (χ3v) is 0.803. The van der Waals surface area contributed by atoms with Crippen LogP contribution >= 0.6 is 0 Å². The average Bonchev–Trinajstić information content (AvgIpc) is 2.14. The first-order valence-corrected chi connectivity index (χ1v) is 2.21. The van der Waals surface area contributed by atoms with Crippen molar-refractivity contribution >= 4 is 0 Å². The molecular weight excluding hydrogens is 108 g/mol. The van der Waals surface area contributed by atoms with Gasteiger partial charge in [-0.2, -0.15) is 0 Å². The van der Waals surface area contributed by atoms with Crippen molar-refractivity contribution < 1.29 is 14.6 Å². The molecule has 0 aromatic carbocycles. The summed E-state index contributed by atoms with van der Waals surface area (Å²) in [4.78, 5) is 0. The van der Waals surface area contributed by atoms with Crippen LogP contribution in [0, 0.1) is 0 Å². The number of rotatable bonds is 1. The lowest BCUT2D eigenvalue weighted by Gasteiger charge is -1.81. The first-order chi connectivity index (χ1) is 3.83. The molecule has 1 aromatic heterocycles. The van der Waals surface area contributed by atoms with Gasteiger partial charge in [-0.3, -0.25) is 0 Å². The minimum Gasteiger partial charge on any atom is -0.481 e. The Balaban J connectivity index is 2.84. The van der Waals surface area contributed by atoms with Crippen molar-refractivity contribution in [2.75, 3.05) is 0 Å². The monoisotopic (exact) mass is 114 g/mol. The fraction of sp³-hybridized carbons (Fsp3) is 0.200. The van der Waals surface area contributed by atoms with Gasteiger partial charge in [0.15, 0.2) is 0 Å². The van der Waals surface area contributed by atoms with Crippen molar-refractivity contribution in [3.05, 3.63) is 17.9 Å². The van der Waals surface area contributed by atoms with E-state index in [1.54, 1.807) is 0 Å². The smallest absolute Gasteiger partial charge is 0.282 e. The van der Waals surface area contributed by atoms with E-state index in [4.69, 9.17) is 10.2 Å². The quantitative estimate of drug-likeness (QED) is 0.558. The van der Waals surface area contributed by atoms with Gasteiger partial charge in [0.25, 0.3) is 5.95 Å². The molecule has 0 radical (unpaired) electrons. The molecule has 3 nitrogen and oxygen atoms in total. The Morgan fingerprint density at radius 1 is 1.50 bits per heavy atom. The van der Waals surface area contributed by atoms with Crippen LogP contribution in [0.15, 0.2) is 16.5 Å². The van der Waals surface area contributed by atoms with Gasteiger partial charge in [-0.25, -0.2) is 0 Å². The fourth-order valence-corrected chi connectivity index (χ4v) is 0.452. The van der Waals surface area contributed by atoms with Crippen LogP contribution in [0.1, 0.15) is 5.76 Å². The Kier molecular flexibility index (Phi) is 1.22. The van der Waals surface area contributed by atoms with E-state index >= 15 is 0 Å². The van der Waals surface area contributed by atoms with Crippen LogP contribution in [0.5, 0.6) is 5.95 Å². The molecule has 0 aliphatic rings. The summed E-state index contributed by atoms with van der Waals surface area (Å²) in [6, 6.07) is 2.89. The topological polar surface area (TPSA) is 53.6 Å². The summed E-state index contributed by atoms with van der Waals surface area (Å²) < 4.78 is 4.54. The molecule has 3 heteroatoms. The minimum atomic E-state index is -0.166. The molecule has 1 heterocycles. The zero-order chi connectivity index (χ0) is 5.98. The van der Waals surface area contributed by atoms with Crippen molar-refractivity contribution in [3.8, 4) is 5.95 Å². The van der Waals surface area contributed by atoms with Crippen molar-refractivity contribution in [3.63, 3.8) is 0 Å². The van der Waals surface area contributed by atoms with E-state index in [-0.39, 0.29) is 12.6 Å². The Hall–Kier alpha value is -0.960. The number of aliphatic hydroxyl groups excluding tert-OH is 1. The van der Waals surface area contributed by atoms with Crippen LogP contribution in [-0.4, -0.2) is 10.2 Å². The second kappa shape index (κ2) is 1.88. The van der Waals surface area contributed by atoms with Crippen LogP contribution in [0.2, 0.25) is 0 Å². The summed E-state index contributed by atoms with van der Waals surface area (Å²) in [5.41, 5.74) is 0. The molecule has 0 aliphatic carbocycles. The van der Waals surface area contributed by atoms with Gasteiger partial charge in [-0.15, -0.1) is 0 Å². The Morgan fingerprint density at radius 3 is 2.50 bits per heavy atom. The van der Waals surface area contributed by atoms with Gasteiger partial charge in [-0.1, -0.05) is 0 Å². The highest BCUT2D eigenvalue weighted by Crippen LogP contribution is 2.12. The summed E-state index contributed by atoms with van der Waals surface area (Å²) in [5, 5.41) is 16.9. The SMILES string of the molecule is OCc1ccc(O)o1. The Labute approximate surface area is 46.2 Å². The van der Waals surface area contributed by atoms with Crippen LogP contribution in [0.4, 0.5) is 0 Å². The molecule has 0 fully saturated rings. The molecular formula is C5H6O3. The van der Waals surface area contributed by atoms with E-state index in [1.165, 1.54) is 12.1 Å². The van der Waals surface area contributed by atoms with Gasteiger partial charge in [0, 0.05) is 6.07 Å². The first-order valence-electron chi connectivity index (χ1n) is 2.21. The first kappa shape index (κ1) is 5.18. The Morgan fingerprint density at radius 2 is 2.25 bits per heavy atom. The molecule has 1 aromatic rings. The van der Waals surface area contributed by atoms with Gasteiger partial charge in [0.05, 0.1) is 0 Å². The van der Waals surface area contributed by atoms with Crippen LogP contribution in [0.3, 0.4) is 0 Å². The third kappa shape index (κ3) is 0.816. The second-order valence-electron chi connectivity index (χ2n) is 1.40. The normalized spacial score (nSPS) is 9.62. The molecule has 8 heavy (non-hydrogen) atoms. The highest BCUT2D eigenvalue weighted by molar-refractivity contribution is 5.08. The van der Waals surface area contributed by atoms with Crippen molar-refractivity contribution in [2.24, 2.45) is 0 Å². The van der Waals surface area contributed by atoms with Gasteiger partial charge in [0.2, 0.25) is 0 Å². The molecule has 0 unspecified atom stereocenters. The zero-order valence-corrected chi connectivity index (χ0v) is 4.16. The maximum absolute atomic E-state index is 8.51. The summed E-state index contributed by atoms with van der Waals surface area (Å²) in [6.07, 6.45) is 0. The molecule has 0 amide bonds. The molecule has 44 valence electrons. The van der Waals surface area contributed by atoms with Crippen molar-refractivity contribution in [1.82, 2.24) is 0 Å². The molecule has 1 rings (SSSR count). The summed E-state index contributed by atoms with van der Waals surface area (Å²) >= 11 is 0. The van der Waals surface area contributed by atoms with E-state index < -0.39 is 0 Å². The Bertz CT molecular complexity index is 168. The van der Waals surface area contributed by atoms with Crippen LogP contribution in [0.25, 0.3) is 0 Å². The molecule has 0 aliphatic heterocycles. The van der Waals surface area contributed by atoms with E-state index in [9.17, 15) is 0 Å². The predicted molar refractivity (Wildman–Crippen MR) is 26.3 cm³/mol. The predicted octanol–water partition coefficient (Wildman–Crippen LogP) is 0.478. The molecule has 0 spiro atoms. The summed E-state index contributed by atoms with van der Waals surface area (Å²) in [6.45, 7) is -0.166. The number of aliphatic hydroxyl groups is 1. The lowest BCUT2D eigenvalue weighted by molar-refractivity contribution is 0.228. The second-order valence-corrected chi connectivity index (χ2v) is 1.40. The molecule has 0 saturated carbocycles. The highest BCUT2D eigenvalue weighted by Gasteiger charge is 1.94. The summed E-state index contributed by atoms with van der Waals surface area (Å²) in [5.74, 6) is 0.219. The number of furan rings is 1. The van der Waals surface area contributed by atoms with Gasteiger partial charge >= 0.3 is 0 Å². The minimum absolute atomic E-state index is 0.158. The van der Waals surface area contributed by atoms with Crippen LogP contribution in [-0.2, 0) is 6.61 Å². The number of hydrogen-bond acceptors (Lipinski definition) is 3. The maximum atomic E-state index is 8.51. The van der Waals surface area contributed by atoms with Gasteiger partial charge < -0.3 is 14.6 Å². The molecule has 0 bridgehead atoms. The third-order valence-electron chi connectivity index (χ3n) is 0.803. The fourth-order valence-electron chi connectivity index (χ4n) is 0.452. The van der Waals surface area contributed by atoms with Crippen molar-refractivity contribution in [1.29, 1.82) is 0 Å². The van der Waals surface area contributed by atoms with Crippen molar-refractivity contribution in [2.45, 2.75) is 6.61 Å². The molecule has 0 saturated heterocycles. The van der Waals surface area contributed by atoms with Gasteiger partial charge in [-0.05, 0) is 6.07 Å². The van der Waals surface area contributed by atoms with E-state index in [0.717, 1.165) is 0 Å². The molecule has 2 N–H and O–H groups in total. The lowest BCUT2D eigenvalue weighted by atomic mass is 10.5. The maximum Gasteiger partial charge on any atom is 0.282 e. The van der Waals surface area contributed by atoms with Gasteiger partial charge in [0.1, 0.15) is 12.4 Å². The number of aromatic hydroxyl groups is 1. The molecule has 0 atom stereocenters. The van der Waals surface area contributed by atoms with E-state index in [2.05, 4.69) is 4.42 Å². The number of hydrogen-bond donors (Lipinski definition) is 2. The average molecular weight is 114 g/mol. The van der Waals surface area contributed by atoms with E-state index in [0.29, 0.717) is 5.76 Å². The van der Waals surface area contributed by atoms with E-state index in [1.807, 2.05) is 0 Å². The standard InChI is InChI=1S/C5H6O3/c6-3-4-1-2-5(7)8-4/h1-2,6-7H,3H2.